The maximum absolute atomic E-state index is 10.8. The van der Waals surface area contributed by atoms with E-state index in [2.05, 4.69) is 10.3 Å². The summed E-state index contributed by atoms with van der Waals surface area (Å²) >= 11 is 0. The van der Waals surface area contributed by atoms with E-state index in [1.807, 2.05) is 13.8 Å². The lowest BCUT2D eigenvalue weighted by Gasteiger charge is -2.13. The van der Waals surface area contributed by atoms with Gasteiger partial charge in [0, 0.05) is 12.5 Å². The second-order valence-electron chi connectivity index (χ2n) is 2.84. The second kappa shape index (κ2) is 5.09. The van der Waals surface area contributed by atoms with E-state index in [1.54, 1.807) is 0 Å². The Balaban J connectivity index is 3.57. The number of hydrogen-bond acceptors (Lipinski definition) is 3. The van der Waals surface area contributed by atoms with Crippen LogP contribution in [-0.2, 0) is 9.63 Å². The number of hydroxylamine groups is 1. The van der Waals surface area contributed by atoms with Crippen molar-refractivity contribution >= 4 is 5.91 Å². The third-order valence-electron chi connectivity index (χ3n) is 1.49. The lowest BCUT2D eigenvalue weighted by molar-refractivity contribution is -0.131. The van der Waals surface area contributed by atoms with Gasteiger partial charge in [-0.1, -0.05) is 13.8 Å². The fourth-order valence-corrected chi connectivity index (χ4v) is 0.605. The Morgan fingerprint density at radius 1 is 1.64 bits per heavy atom. The predicted molar refractivity (Wildman–Crippen MR) is 42.6 cm³/mol. The van der Waals surface area contributed by atoms with Crippen molar-refractivity contribution in [3.05, 3.63) is 0 Å². The highest BCUT2D eigenvalue weighted by molar-refractivity contribution is 5.75. The highest BCUT2D eigenvalue weighted by Crippen LogP contribution is 2.01. The average Bonchev–Trinajstić information content (AvgIpc) is 1.87. The third kappa shape index (κ3) is 4.75. The molecular formula is C7H16N2O2. The van der Waals surface area contributed by atoms with Crippen molar-refractivity contribution in [2.24, 2.45) is 11.7 Å². The van der Waals surface area contributed by atoms with Crippen molar-refractivity contribution in [3.8, 4) is 0 Å². The molecule has 0 aliphatic heterocycles. The van der Waals surface area contributed by atoms with E-state index in [9.17, 15) is 4.79 Å². The van der Waals surface area contributed by atoms with Crippen molar-refractivity contribution in [3.63, 3.8) is 0 Å². The van der Waals surface area contributed by atoms with E-state index in [0.717, 1.165) is 0 Å². The first-order valence-electron chi connectivity index (χ1n) is 3.65. The summed E-state index contributed by atoms with van der Waals surface area (Å²) in [5.41, 5.74) is 7.84. The van der Waals surface area contributed by atoms with Crippen LogP contribution in [0, 0.1) is 5.92 Å². The SMILES string of the molecule is CONC(=O)CC(N)C(C)C. The van der Waals surface area contributed by atoms with Gasteiger partial charge in [0.25, 0.3) is 0 Å². The van der Waals surface area contributed by atoms with Gasteiger partial charge in [0.1, 0.15) is 0 Å². The molecule has 0 aromatic heterocycles. The summed E-state index contributed by atoms with van der Waals surface area (Å²) in [6.45, 7) is 3.95. The van der Waals surface area contributed by atoms with Crippen molar-refractivity contribution in [1.82, 2.24) is 5.48 Å². The topological polar surface area (TPSA) is 64.3 Å². The van der Waals surface area contributed by atoms with Gasteiger partial charge in [0.15, 0.2) is 0 Å². The summed E-state index contributed by atoms with van der Waals surface area (Å²) in [6, 6.07) is -0.0925. The van der Waals surface area contributed by atoms with Gasteiger partial charge in [-0.2, -0.15) is 0 Å². The summed E-state index contributed by atoms with van der Waals surface area (Å²) in [5.74, 6) is 0.145. The predicted octanol–water partition coefficient (Wildman–Crippen LogP) is 0.0374. The third-order valence-corrected chi connectivity index (χ3v) is 1.49. The van der Waals surface area contributed by atoms with E-state index >= 15 is 0 Å². The molecule has 4 nitrogen and oxygen atoms in total. The lowest BCUT2D eigenvalue weighted by atomic mass is 10.0. The zero-order chi connectivity index (χ0) is 8.85. The largest absolute Gasteiger partial charge is 0.327 e. The maximum Gasteiger partial charge on any atom is 0.245 e. The number of nitrogens with two attached hydrogens (primary N) is 1. The van der Waals surface area contributed by atoms with Crippen LogP contribution in [0.2, 0.25) is 0 Å². The first-order chi connectivity index (χ1) is 5.07. The first-order valence-corrected chi connectivity index (χ1v) is 3.65. The van der Waals surface area contributed by atoms with E-state index < -0.39 is 0 Å². The number of amides is 1. The maximum atomic E-state index is 10.8. The van der Waals surface area contributed by atoms with Gasteiger partial charge >= 0.3 is 0 Å². The molecule has 0 rings (SSSR count). The van der Waals surface area contributed by atoms with Crippen LogP contribution >= 0.6 is 0 Å². The molecule has 1 amide bonds. The van der Waals surface area contributed by atoms with Crippen LogP contribution < -0.4 is 11.2 Å². The molecule has 0 aromatic carbocycles. The molecule has 0 saturated carbocycles. The Kier molecular flexibility index (Phi) is 4.81. The highest BCUT2D eigenvalue weighted by atomic mass is 16.6. The number of hydrogen-bond donors (Lipinski definition) is 2. The Hall–Kier alpha value is -0.610. The summed E-state index contributed by atoms with van der Waals surface area (Å²) < 4.78 is 0. The lowest BCUT2D eigenvalue weighted by Crippen LogP contribution is -2.34. The molecular weight excluding hydrogens is 144 g/mol. The van der Waals surface area contributed by atoms with Crippen molar-refractivity contribution in [2.75, 3.05) is 7.11 Å². The van der Waals surface area contributed by atoms with Crippen LogP contribution in [0.4, 0.5) is 0 Å². The number of carbonyl (C=O) groups excluding carboxylic acids is 1. The fourth-order valence-electron chi connectivity index (χ4n) is 0.605. The normalized spacial score (nSPS) is 13.2. The van der Waals surface area contributed by atoms with Crippen LogP contribution in [0.1, 0.15) is 20.3 Å². The van der Waals surface area contributed by atoms with Crippen LogP contribution in [0.15, 0.2) is 0 Å². The molecule has 4 heteroatoms. The average molecular weight is 160 g/mol. The van der Waals surface area contributed by atoms with Crippen LogP contribution in [0.3, 0.4) is 0 Å². The monoisotopic (exact) mass is 160 g/mol. The Labute approximate surface area is 67.0 Å². The van der Waals surface area contributed by atoms with E-state index in [0.29, 0.717) is 12.3 Å². The molecule has 0 spiro atoms. The number of nitrogens with one attached hydrogen (secondary N) is 1. The molecule has 0 aromatic rings. The molecule has 0 saturated heterocycles. The van der Waals surface area contributed by atoms with Gasteiger partial charge in [0.2, 0.25) is 5.91 Å². The van der Waals surface area contributed by atoms with Crippen LogP contribution in [-0.4, -0.2) is 19.1 Å². The molecule has 1 atom stereocenters. The Bertz CT molecular complexity index is 126. The smallest absolute Gasteiger partial charge is 0.245 e. The molecule has 0 aliphatic rings. The molecule has 0 aliphatic carbocycles. The molecule has 66 valence electrons. The van der Waals surface area contributed by atoms with Gasteiger partial charge in [-0.05, 0) is 5.92 Å². The standard InChI is InChI=1S/C7H16N2O2/c1-5(2)6(8)4-7(10)9-11-3/h5-6H,4,8H2,1-3H3,(H,9,10). The Morgan fingerprint density at radius 3 is 2.55 bits per heavy atom. The van der Waals surface area contributed by atoms with Crippen molar-refractivity contribution in [2.45, 2.75) is 26.3 Å². The van der Waals surface area contributed by atoms with Crippen molar-refractivity contribution < 1.29 is 9.63 Å². The summed E-state index contributed by atoms with van der Waals surface area (Å²) in [4.78, 5) is 15.3. The zero-order valence-electron chi connectivity index (χ0n) is 7.26. The van der Waals surface area contributed by atoms with Gasteiger partial charge in [-0.15, -0.1) is 0 Å². The zero-order valence-corrected chi connectivity index (χ0v) is 7.26. The minimum atomic E-state index is -0.173. The molecule has 0 radical (unpaired) electrons. The molecule has 3 N–H and O–H groups in total. The highest BCUT2D eigenvalue weighted by Gasteiger charge is 2.11. The minimum Gasteiger partial charge on any atom is -0.327 e. The number of carbonyl (C=O) groups is 1. The van der Waals surface area contributed by atoms with Crippen LogP contribution in [0.5, 0.6) is 0 Å². The number of rotatable bonds is 4. The fraction of sp³-hybridized carbons (Fsp3) is 0.857. The van der Waals surface area contributed by atoms with E-state index in [1.165, 1.54) is 7.11 Å². The van der Waals surface area contributed by atoms with Gasteiger partial charge in [-0.3, -0.25) is 9.63 Å². The summed E-state index contributed by atoms with van der Waals surface area (Å²) in [5, 5.41) is 0. The molecule has 0 bridgehead atoms. The van der Waals surface area contributed by atoms with Crippen molar-refractivity contribution in [1.29, 1.82) is 0 Å². The quantitative estimate of drug-likeness (QED) is 0.570. The summed E-state index contributed by atoms with van der Waals surface area (Å²) in [6.07, 6.45) is 0.311. The van der Waals surface area contributed by atoms with E-state index in [4.69, 9.17) is 5.73 Å². The molecule has 1 unspecified atom stereocenters. The van der Waals surface area contributed by atoms with E-state index in [-0.39, 0.29) is 11.9 Å². The molecule has 0 heterocycles. The molecule has 0 fully saturated rings. The van der Waals surface area contributed by atoms with Crippen LogP contribution in [0.25, 0.3) is 0 Å². The molecule has 11 heavy (non-hydrogen) atoms. The van der Waals surface area contributed by atoms with Gasteiger partial charge in [-0.25, -0.2) is 5.48 Å². The second-order valence-corrected chi connectivity index (χ2v) is 2.84. The minimum absolute atomic E-state index is 0.0925. The Morgan fingerprint density at radius 2 is 2.18 bits per heavy atom. The first kappa shape index (κ1) is 10.4. The van der Waals surface area contributed by atoms with Gasteiger partial charge in [0.05, 0.1) is 7.11 Å². The van der Waals surface area contributed by atoms with Gasteiger partial charge < -0.3 is 5.73 Å². The summed E-state index contributed by atoms with van der Waals surface area (Å²) in [7, 11) is 1.40.